The Balaban J connectivity index is 1.28. The third-order valence-corrected chi connectivity index (χ3v) is 12.9. The molecule has 0 saturated carbocycles. The van der Waals surface area contributed by atoms with Crippen molar-refractivity contribution in [3.05, 3.63) is 180 Å². The van der Waals surface area contributed by atoms with E-state index >= 15 is 0 Å². The van der Waals surface area contributed by atoms with Crippen LogP contribution in [0.5, 0.6) is 5.75 Å². The molecule has 66 heavy (non-hydrogen) atoms. The van der Waals surface area contributed by atoms with Crippen LogP contribution in [0.1, 0.15) is 88.7 Å². The lowest BCUT2D eigenvalue weighted by Crippen LogP contribution is -2.17. The van der Waals surface area contributed by atoms with Gasteiger partial charge >= 0.3 is 0 Å². The Labute approximate surface area is 392 Å². The van der Waals surface area contributed by atoms with E-state index in [1.54, 1.807) is 18.3 Å². The number of para-hydroxylation sites is 2. The first-order chi connectivity index (χ1) is 32.6. The fourth-order valence-electron chi connectivity index (χ4n) is 9.20. The quantitative estimate of drug-likeness (QED) is 0.181. The number of phenolic OH excluding ortho intramolecular Hbond substituents is 1. The van der Waals surface area contributed by atoms with Crippen LogP contribution >= 0.6 is 0 Å². The van der Waals surface area contributed by atoms with Crippen LogP contribution in [0.15, 0.2) is 162 Å². The minimum Gasteiger partial charge on any atom is -0.507 e. The number of hydrogen-bond acceptors (Lipinski definition) is 4. The Morgan fingerprint density at radius 1 is 0.545 bits per heavy atom. The van der Waals surface area contributed by atoms with Gasteiger partial charge in [0.15, 0.2) is 0 Å². The van der Waals surface area contributed by atoms with Gasteiger partial charge in [0.1, 0.15) is 22.7 Å². The summed E-state index contributed by atoms with van der Waals surface area (Å²) in [7, 11) is 0. The van der Waals surface area contributed by atoms with Crippen molar-refractivity contribution in [1.82, 2.24) is 14.5 Å². The molecule has 1 N–H and O–H groups in total. The first kappa shape index (κ1) is 39.2. The summed E-state index contributed by atoms with van der Waals surface area (Å²) in [5.74, 6) is 0.838. The maximum absolute atomic E-state index is 12.6. The van der Waals surface area contributed by atoms with Crippen LogP contribution in [0.25, 0.3) is 94.7 Å². The molecule has 3 heterocycles. The Kier molecular flexibility index (Phi) is 9.33. The van der Waals surface area contributed by atoms with Gasteiger partial charge in [-0.2, -0.15) is 0 Å². The molecule has 0 spiro atoms. The van der Waals surface area contributed by atoms with Crippen molar-refractivity contribution in [2.45, 2.75) is 85.4 Å². The molecule has 0 aliphatic heterocycles. The molecule has 0 aliphatic carbocycles. The molecular weight excluding hydrogens is 807 g/mol. The predicted octanol–water partition coefficient (Wildman–Crippen LogP) is 16.6. The number of fused-ring (bicyclic) bond motifs is 4. The molecule has 0 radical (unpaired) electrons. The summed E-state index contributed by atoms with van der Waals surface area (Å²) in [5.41, 5.74) is 14.8. The van der Waals surface area contributed by atoms with Gasteiger partial charge in [-0.15, -0.1) is 0 Å². The molecule has 5 heteroatoms. The molecule has 328 valence electrons. The zero-order chi connectivity index (χ0) is 48.8. The highest BCUT2D eigenvalue weighted by Crippen LogP contribution is 2.47. The Bertz CT molecular complexity index is 3600. The Hall–Kier alpha value is -7.24. The van der Waals surface area contributed by atoms with E-state index in [1.807, 2.05) is 42.5 Å². The molecule has 7 aromatic carbocycles. The lowest BCUT2D eigenvalue weighted by molar-refractivity contribution is 0.446. The van der Waals surface area contributed by atoms with Crippen LogP contribution in [0, 0.1) is 6.85 Å². The second-order valence-electron chi connectivity index (χ2n) is 20.7. The molecule has 0 aliphatic rings. The van der Waals surface area contributed by atoms with E-state index in [0.717, 1.165) is 94.4 Å². The number of phenols is 1. The fraction of sp³-hybridized carbons (Fsp3) is 0.213. The number of furan rings is 1. The number of rotatable bonds is 6. The Morgan fingerprint density at radius 2 is 1.27 bits per heavy atom. The highest BCUT2D eigenvalue weighted by Gasteiger charge is 2.30. The predicted molar refractivity (Wildman–Crippen MR) is 276 cm³/mol. The molecule has 0 atom stereocenters. The first-order valence-electron chi connectivity index (χ1n) is 24.3. The van der Waals surface area contributed by atoms with Gasteiger partial charge in [0, 0.05) is 48.9 Å². The molecule has 0 bridgehead atoms. The summed E-state index contributed by atoms with van der Waals surface area (Å²) < 4.78 is 32.7. The molecular formula is C61H57N3O2. The topological polar surface area (TPSA) is 64.1 Å². The number of nitrogens with zero attached hydrogens (tertiary/aromatic N) is 3. The monoisotopic (exact) mass is 866 g/mol. The Morgan fingerprint density at radius 3 is 2.00 bits per heavy atom. The molecule has 0 fully saturated rings. The van der Waals surface area contributed by atoms with E-state index in [0.29, 0.717) is 17.0 Å². The lowest BCUT2D eigenvalue weighted by atomic mass is 9.79. The van der Waals surface area contributed by atoms with E-state index in [4.69, 9.17) is 18.5 Å². The van der Waals surface area contributed by atoms with Gasteiger partial charge in [0.25, 0.3) is 0 Å². The largest absolute Gasteiger partial charge is 0.507 e. The number of benzene rings is 7. The third-order valence-electron chi connectivity index (χ3n) is 12.9. The van der Waals surface area contributed by atoms with Crippen molar-refractivity contribution in [2.24, 2.45) is 0 Å². The van der Waals surface area contributed by atoms with E-state index < -0.39 is 6.85 Å². The van der Waals surface area contributed by atoms with E-state index in [2.05, 4.69) is 164 Å². The van der Waals surface area contributed by atoms with Crippen LogP contribution in [-0.4, -0.2) is 19.6 Å². The fourth-order valence-corrected chi connectivity index (χ4v) is 9.20. The highest BCUT2D eigenvalue weighted by atomic mass is 16.3. The smallest absolute Gasteiger partial charge is 0.149 e. The van der Waals surface area contributed by atoms with Gasteiger partial charge in [-0.25, -0.2) is 4.98 Å². The summed E-state index contributed by atoms with van der Waals surface area (Å²) >= 11 is 0. The van der Waals surface area contributed by atoms with Crippen LogP contribution < -0.4 is 0 Å². The van der Waals surface area contributed by atoms with Crippen molar-refractivity contribution in [1.29, 1.82) is 0 Å². The summed E-state index contributed by atoms with van der Waals surface area (Å²) in [6, 6.07) is 51.3. The lowest BCUT2D eigenvalue weighted by Gasteiger charge is -2.28. The number of hydrogen-bond donors (Lipinski definition) is 1. The van der Waals surface area contributed by atoms with Gasteiger partial charge in [0.2, 0.25) is 0 Å². The van der Waals surface area contributed by atoms with Crippen molar-refractivity contribution >= 4 is 33.0 Å². The average Bonchev–Trinajstić information content (AvgIpc) is 3.89. The average molecular weight is 867 g/mol. The van der Waals surface area contributed by atoms with Crippen LogP contribution in [-0.2, 0) is 16.2 Å². The summed E-state index contributed by atoms with van der Waals surface area (Å²) in [6.07, 6.45) is 1.80. The van der Waals surface area contributed by atoms with E-state index in [1.165, 1.54) is 5.56 Å². The number of imidazole rings is 1. The second-order valence-corrected chi connectivity index (χ2v) is 20.7. The maximum atomic E-state index is 12.6. The summed E-state index contributed by atoms with van der Waals surface area (Å²) in [6.45, 7) is 17.6. The SMILES string of the molecule is [2H]C([2H])([2H])c1ccc(-c2ccnc(-c3cc(-c4cccc5c4nc(-c4cc(C(C)(C)C)cc(C(C)(C)C)c4O)n5-c4ccc(C(C)(C)C)cc4-c4ccccc4)c4oc5ccccc5c4c3)c2)cc1. The van der Waals surface area contributed by atoms with Crippen molar-refractivity contribution in [2.75, 3.05) is 0 Å². The van der Waals surface area contributed by atoms with E-state index in [-0.39, 0.29) is 22.0 Å². The van der Waals surface area contributed by atoms with Crippen LogP contribution in [0.4, 0.5) is 0 Å². The first-order valence-corrected chi connectivity index (χ1v) is 22.8. The molecule has 10 rings (SSSR count). The maximum Gasteiger partial charge on any atom is 0.149 e. The minimum atomic E-state index is -2.19. The molecule has 0 unspecified atom stereocenters. The number of aryl methyl sites for hydroxylation is 1. The van der Waals surface area contributed by atoms with Crippen LogP contribution in [0.2, 0.25) is 0 Å². The molecule has 3 aromatic heterocycles. The number of aromatic hydroxyl groups is 1. The zero-order valence-electron chi connectivity index (χ0n) is 42.2. The molecule has 0 saturated heterocycles. The summed E-state index contributed by atoms with van der Waals surface area (Å²) in [5, 5.41) is 14.6. The van der Waals surface area contributed by atoms with Gasteiger partial charge in [-0.1, -0.05) is 165 Å². The van der Waals surface area contributed by atoms with Gasteiger partial charge in [-0.05, 0) is 106 Å². The molecule has 5 nitrogen and oxygen atoms in total. The van der Waals surface area contributed by atoms with Crippen LogP contribution in [0.3, 0.4) is 0 Å². The van der Waals surface area contributed by atoms with Crippen molar-refractivity contribution in [3.8, 4) is 67.5 Å². The minimum absolute atomic E-state index is 0.113. The van der Waals surface area contributed by atoms with Crippen molar-refractivity contribution < 1.29 is 13.6 Å². The molecule has 10 aromatic rings. The van der Waals surface area contributed by atoms with Gasteiger partial charge < -0.3 is 9.52 Å². The summed E-state index contributed by atoms with van der Waals surface area (Å²) in [4.78, 5) is 10.6. The number of aromatic nitrogens is 3. The number of pyridine rings is 1. The highest BCUT2D eigenvalue weighted by molar-refractivity contribution is 6.13. The zero-order valence-corrected chi connectivity index (χ0v) is 39.2. The molecule has 0 amide bonds. The third kappa shape index (κ3) is 7.56. The van der Waals surface area contributed by atoms with Gasteiger partial charge in [-0.3, -0.25) is 9.55 Å². The van der Waals surface area contributed by atoms with E-state index in [9.17, 15) is 5.11 Å². The second kappa shape index (κ2) is 15.7. The van der Waals surface area contributed by atoms with Crippen molar-refractivity contribution in [3.63, 3.8) is 0 Å². The van der Waals surface area contributed by atoms with Gasteiger partial charge in [0.05, 0.1) is 28.0 Å². The normalized spacial score (nSPS) is 13.3. The standard InChI is InChI=1S/C61H57N3O2/c1-37-23-25-38(26-24-37)40-29-30-62-51(33-40)41-31-47-44-19-14-15-22-54(44)66-57(47)48(32-41)45-20-16-21-53-55(45)63-58(49-35-43(60(5,6)7)36-50(56(49)65)61(8,9)10)64(53)52-28-27-42(59(2,3)4)34-46(52)39-17-12-11-13-18-39/h11-36,65H,1-10H3/i1D3.